The minimum absolute atomic E-state index is 0.0462. The van der Waals surface area contributed by atoms with Gasteiger partial charge in [-0.2, -0.15) is 5.10 Å². The predicted octanol–water partition coefficient (Wildman–Crippen LogP) is 4.12. The van der Waals surface area contributed by atoms with E-state index in [4.69, 9.17) is 0 Å². The second-order valence-electron chi connectivity index (χ2n) is 6.36. The van der Waals surface area contributed by atoms with Crippen LogP contribution in [0.2, 0.25) is 0 Å². The summed E-state index contributed by atoms with van der Waals surface area (Å²) in [7, 11) is 0. The van der Waals surface area contributed by atoms with Crippen LogP contribution in [0.4, 0.5) is 0 Å². The molecule has 0 unspecified atom stereocenters. The van der Waals surface area contributed by atoms with Crippen molar-refractivity contribution < 1.29 is 4.79 Å². The molecule has 0 radical (unpaired) electrons. The number of benzene rings is 1. The number of amides is 1. The average molecular weight is 351 g/mol. The number of hydrogen-bond acceptors (Lipinski definition) is 3. The Morgan fingerprint density at radius 2 is 2.08 bits per heavy atom. The smallest absolute Gasteiger partial charge is 0.241 e. The highest BCUT2D eigenvalue weighted by atomic mass is 32.1. The Kier molecular flexibility index (Phi) is 4.65. The van der Waals surface area contributed by atoms with Gasteiger partial charge in [-0.05, 0) is 48.8 Å². The van der Waals surface area contributed by atoms with Gasteiger partial charge in [-0.15, -0.1) is 11.3 Å². The molecule has 128 valence electrons. The first kappa shape index (κ1) is 16.1. The fourth-order valence-electron chi connectivity index (χ4n) is 3.64. The summed E-state index contributed by atoms with van der Waals surface area (Å²) in [5.41, 5.74) is 6.79. The van der Waals surface area contributed by atoms with Crippen molar-refractivity contribution in [3.8, 4) is 0 Å². The first-order chi connectivity index (χ1) is 12.3. The molecule has 1 aromatic carbocycles. The van der Waals surface area contributed by atoms with Crippen molar-refractivity contribution >= 4 is 34.4 Å². The van der Waals surface area contributed by atoms with E-state index in [9.17, 15) is 4.79 Å². The van der Waals surface area contributed by atoms with E-state index in [0.29, 0.717) is 13.0 Å². The maximum atomic E-state index is 12.1. The van der Waals surface area contributed by atoms with Crippen LogP contribution >= 0.6 is 11.3 Å². The van der Waals surface area contributed by atoms with E-state index in [0.717, 1.165) is 17.7 Å². The Labute approximate surface area is 151 Å². The van der Waals surface area contributed by atoms with Gasteiger partial charge >= 0.3 is 0 Å². The van der Waals surface area contributed by atoms with Crippen LogP contribution in [0.1, 0.15) is 35.4 Å². The van der Waals surface area contributed by atoms with Gasteiger partial charge in [0.2, 0.25) is 5.91 Å². The Morgan fingerprint density at radius 3 is 2.96 bits per heavy atom. The van der Waals surface area contributed by atoms with Gasteiger partial charge in [0.25, 0.3) is 0 Å². The summed E-state index contributed by atoms with van der Waals surface area (Å²) in [6.45, 7) is 0.705. The molecule has 3 aromatic rings. The molecule has 2 heterocycles. The summed E-state index contributed by atoms with van der Waals surface area (Å²) < 4.78 is 2.34. The SMILES string of the molecule is O=C(CCn1c2c(c3ccccc31)CCCC2)N/N=C\c1cccs1. The first-order valence-corrected chi connectivity index (χ1v) is 9.65. The van der Waals surface area contributed by atoms with Crippen molar-refractivity contribution in [2.45, 2.75) is 38.6 Å². The number of carbonyl (C=O) groups is 1. The number of aryl methyl sites for hydroxylation is 2. The third-order valence-electron chi connectivity index (χ3n) is 4.77. The number of carbonyl (C=O) groups excluding carboxylic acids is 1. The lowest BCUT2D eigenvalue weighted by Gasteiger charge is -2.15. The Morgan fingerprint density at radius 1 is 1.20 bits per heavy atom. The van der Waals surface area contributed by atoms with Crippen molar-refractivity contribution in [1.82, 2.24) is 9.99 Å². The van der Waals surface area contributed by atoms with Crippen LogP contribution in [0.3, 0.4) is 0 Å². The fourth-order valence-corrected chi connectivity index (χ4v) is 4.23. The molecule has 4 nitrogen and oxygen atoms in total. The molecule has 0 atom stereocenters. The van der Waals surface area contributed by atoms with E-state index in [-0.39, 0.29) is 5.91 Å². The fraction of sp³-hybridized carbons (Fsp3) is 0.300. The van der Waals surface area contributed by atoms with Crippen molar-refractivity contribution in [3.63, 3.8) is 0 Å². The van der Waals surface area contributed by atoms with Gasteiger partial charge in [0, 0.05) is 34.4 Å². The molecule has 1 amide bonds. The zero-order valence-corrected chi connectivity index (χ0v) is 14.9. The van der Waals surface area contributed by atoms with Crippen LogP contribution in [0.15, 0.2) is 46.9 Å². The van der Waals surface area contributed by atoms with Crippen LogP contribution in [0.25, 0.3) is 10.9 Å². The van der Waals surface area contributed by atoms with Gasteiger partial charge in [-0.3, -0.25) is 4.79 Å². The number of nitrogens with zero attached hydrogens (tertiary/aromatic N) is 2. The molecule has 0 bridgehead atoms. The largest absolute Gasteiger partial charge is 0.344 e. The summed E-state index contributed by atoms with van der Waals surface area (Å²) in [5.74, 6) is -0.0462. The molecule has 1 aliphatic carbocycles. The number of aromatic nitrogens is 1. The predicted molar refractivity (Wildman–Crippen MR) is 103 cm³/mol. The van der Waals surface area contributed by atoms with E-state index in [1.165, 1.54) is 35.0 Å². The van der Waals surface area contributed by atoms with Crippen LogP contribution in [-0.4, -0.2) is 16.7 Å². The normalized spacial score (nSPS) is 14.1. The molecule has 4 rings (SSSR count). The van der Waals surface area contributed by atoms with Gasteiger partial charge in [0.05, 0.1) is 6.21 Å². The van der Waals surface area contributed by atoms with E-state index in [1.54, 1.807) is 17.6 Å². The lowest BCUT2D eigenvalue weighted by atomic mass is 9.95. The van der Waals surface area contributed by atoms with Crippen molar-refractivity contribution in [2.24, 2.45) is 5.10 Å². The van der Waals surface area contributed by atoms with Crippen molar-refractivity contribution in [2.75, 3.05) is 0 Å². The average Bonchev–Trinajstić information content (AvgIpc) is 3.26. The summed E-state index contributed by atoms with van der Waals surface area (Å²) in [4.78, 5) is 13.2. The third kappa shape index (κ3) is 3.37. The molecule has 1 N–H and O–H groups in total. The van der Waals surface area contributed by atoms with Gasteiger partial charge in [-0.25, -0.2) is 5.43 Å². The number of para-hydroxylation sites is 1. The summed E-state index contributed by atoms with van der Waals surface area (Å²) in [6, 6.07) is 12.5. The zero-order valence-electron chi connectivity index (χ0n) is 14.1. The molecule has 0 spiro atoms. The Bertz CT molecular complexity index is 909. The standard InChI is InChI=1S/C20H21N3OS/c24-20(22-21-14-15-6-5-13-25-15)11-12-23-18-9-3-1-7-16(18)17-8-2-4-10-19(17)23/h1,3,5-7,9,13-14H,2,4,8,10-12H2,(H,22,24)/b21-14-. The first-order valence-electron chi connectivity index (χ1n) is 8.77. The van der Waals surface area contributed by atoms with Gasteiger partial charge in [0.15, 0.2) is 0 Å². The van der Waals surface area contributed by atoms with Gasteiger partial charge in [-0.1, -0.05) is 24.3 Å². The number of fused-ring (bicyclic) bond motifs is 3. The van der Waals surface area contributed by atoms with Crippen molar-refractivity contribution in [3.05, 3.63) is 57.9 Å². The number of rotatable bonds is 5. The quantitative estimate of drug-likeness (QED) is 0.545. The van der Waals surface area contributed by atoms with Crippen molar-refractivity contribution in [1.29, 1.82) is 0 Å². The molecule has 1 aliphatic rings. The highest BCUT2D eigenvalue weighted by Gasteiger charge is 2.19. The highest BCUT2D eigenvalue weighted by molar-refractivity contribution is 7.11. The lowest BCUT2D eigenvalue weighted by Crippen LogP contribution is -2.20. The molecular formula is C20H21N3OS. The highest BCUT2D eigenvalue weighted by Crippen LogP contribution is 2.32. The minimum Gasteiger partial charge on any atom is -0.344 e. The van der Waals surface area contributed by atoms with Crippen LogP contribution in [0, 0.1) is 0 Å². The van der Waals surface area contributed by atoms with Crippen LogP contribution < -0.4 is 5.43 Å². The molecule has 5 heteroatoms. The number of hydrogen-bond donors (Lipinski definition) is 1. The molecule has 0 fully saturated rings. The Balaban J connectivity index is 1.47. The third-order valence-corrected chi connectivity index (χ3v) is 5.58. The number of thiophene rings is 1. The second-order valence-corrected chi connectivity index (χ2v) is 7.34. The van der Waals surface area contributed by atoms with Gasteiger partial charge in [0.1, 0.15) is 0 Å². The van der Waals surface area contributed by atoms with Gasteiger partial charge < -0.3 is 4.57 Å². The molecule has 25 heavy (non-hydrogen) atoms. The molecule has 0 aliphatic heterocycles. The van der Waals surface area contributed by atoms with E-state index >= 15 is 0 Å². The zero-order chi connectivity index (χ0) is 17.1. The van der Waals surface area contributed by atoms with E-state index in [1.807, 2.05) is 17.5 Å². The minimum atomic E-state index is -0.0462. The molecule has 2 aromatic heterocycles. The summed E-state index contributed by atoms with van der Waals surface area (Å²) in [6.07, 6.45) is 6.89. The lowest BCUT2D eigenvalue weighted by molar-refractivity contribution is -0.121. The summed E-state index contributed by atoms with van der Waals surface area (Å²) in [5, 5.41) is 7.38. The second kappa shape index (κ2) is 7.23. The maximum absolute atomic E-state index is 12.1. The van der Waals surface area contributed by atoms with Crippen LogP contribution in [-0.2, 0) is 24.2 Å². The number of hydrazone groups is 1. The summed E-state index contributed by atoms with van der Waals surface area (Å²) >= 11 is 1.60. The topological polar surface area (TPSA) is 46.4 Å². The maximum Gasteiger partial charge on any atom is 0.241 e. The molecule has 0 saturated carbocycles. The van der Waals surface area contributed by atoms with E-state index in [2.05, 4.69) is 39.4 Å². The monoisotopic (exact) mass is 351 g/mol. The Hall–Kier alpha value is -2.40. The molecule has 0 saturated heterocycles. The number of nitrogens with one attached hydrogen (secondary N) is 1. The van der Waals surface area contributed by atoms with E-state index < -0.39 is 0 Å². The van der Waals surface area contributed by atoms with Crippen LogP contribution in [0.5, 0.6) is 0 Å². The molecular weight excluding hydrogens is 330 g/mol.